The first kappa shape index (κ1) is 52.6. The van der Waals surface area contributed by atoms with Crippen LogP contribution in [0.25, 0.3) is 16.6 Å². The minimum Gasteiger partial charge on any atom is -0.481 e. The summed E-state index contributed by atoms with van der Waals surface area (Å²) in [6, 6.07) is 18.5. The van der Waals surface area contributed by atoms with E-state index in [0.29, 0.717) is 60.4 Å². The maximum Gasteiger partial charge on any atom is 0.501 e. The number of hydrogen-bond acceptors (Lipinski definition) is 12. The first-order valence-corrected chi connectivity index (χ1v) is 27.4. The number of likely N-dealkylation sites (tertiary alicyclic amines) is 1. The number of carboxylic acid groups (broad SMARTS) is 1. The molecule has 5 aromatic rings. The third-order valence-electron chi connectivity index (χ3n) is 13.7. The number of aromatic amines is 1. The van der Waals surface area contributed by atoms with Gasteiger partial charge in [0.2, 0.25) is 0 Å². The lowest BCUT2D eigenvalue weighted by molar-refractivity contribution is -0.137. The number of rotatable bonds is 20. The van der Waals surface area contributed by atoms with Crippen LogP contribution in [0, 0.1) is 11.3 Å². The predicted octanol–water partition coefficient (Wildman–Crippen LogP) is 9.59. The van der Waals surface area contributed by atoms with E-state index in [4.69, 9.17) is 21.4 Å². The lowest BCUT2D eigenvalue weighted by atomic mass is 9.72. The Morgan fingerprint density at radius 3 is 2.38 bits per heavy atom. The van der Waals surface area contributed by atoms with Crippen LogP contribution in [0.1, 0.15) is 81.1 Å². The van der Waals surface area contributed by atoms with Crippen LogP contribution in [0.15, 0.2) is 101 Å². The smallest absolute Gasteiger partial charge is 0.481 e. The molecule has 4 N–H and O–H groups in total. The van der Waals surface area contributed by atoms with Crippen molar-refractivity contribution < 1.29 is 49.4 Å². The van der Waals surface area contributed by atoms with Gasteiger partial charge in [0, 0.05) is 93.1 Å². The minimum atomic E-state index is -6.07. The Labute approximate surface area is 422 Å². The highest BCUT2D eigenvalue weighted by molar-refractivity contribution is 7.92. The van der Waals surface area contributed by atoms with Crippen molar-refractivity contribution in [3.63, 3.8) is 0 Å². The Balaban J connectivity index is 0.973. The van der Waals surface area contributed by atoms with Gasteiger partial charge in [-0.1, -0.05) is 56.0 Å². The number of sulfonamides is 1. The molecule has 15 nitrogen and oxygen atoms in total. The summed E-state index contributed by atoms with van der Waals surface area (Å²) in [5.41, 5.74) is -0.997. The number of anilines is 2. The van der Waals surface area contributed by atoms with Gasteiger partial charge in [0.05, 0.1) is 22.3 Å². The highest BCUT2D eigenvalue weighted by Crippen LogP contribution is 2.44. The van der Waals surface area contributed by atoms with Crippen molar-refractivity contribution in [2.75, 3.05) is 69.1 Å². The lowest BCUT2D eigenvalue weighted by Gasteiger charge is -2.39. The van der Waals surface area contributed by atoms with E-state index in [1.165, 1.54) is 29.0 Å². The van der Waals surface area contributed by atoms with E-state index in [2.05, 4.69) is 56.0 Å². The quantitative estimate of drug-likeness (QED) is 0.0539. The van der Waals surface area contributed by atoms with E-state index < -0.39 is 52.7 Å². The predicted molar refractivity (Wildman–Crippen MR) is 271 cm³/mol. The number of unbranched alkanes of at least 4 members (excludes halogenated alkanes) is 3. The van der Waals surface area contributed by atoms with Gasteiger partial charge in [-0.2, -0.15) is 13.2 Å². The number of benzene rings is 3. The van der Waals surface area contributed by atoms with Gasteiger partial charge in [-0.15, -0.1) is 0 Å². The van der Waals surface area contributed by atoms with E-state index >= 15 is 0 Å². The average molecular weight is 1050 g/mol. The van der Waals surface area contributed by atoms with Crippen molar-refractivity contribution in [1.29, 1.82) is 0 Å². The summed E-state index contributed by atoms with van der Waals surface area (Å²) in [5.74, 6) is -1.81. The molecule has 2 aliphatic heterocycles. The molecule has 0 radical (unpaired) electrons. The van der Waals surface area contributed by atoms with Crippen molar-refractivity contribution in [1.82, 2.24) is 24.5 Å². The number of aliphatic carboxylic acids is 1. The Bertz CT molecular complexity index is 3040. The second-order valence-corrected chi connectivity index (χ2v) is 23.7. The van der Waals surface area contributed by atoms with E-state index in [1.807, 2.05) is 16.9 Å². The molecule has 2 saturated heterocycles. The van der Waals surface area contributed by atoms with Gasteiger partial charge < -0.3 is 29.9 Å². The molecule has 2 aromatic heterocycles. The topological polar surface area (TPSA) is 194 Å². The number of alkyl halides is 3. The first-order chi connectivity index (χ1) is 34.1. The summed E-state index contributed by atoms with van der Waals surface area (Å²) in [4.78, 5) is 36.7. The molecule has 8 rings (SSSR count). The third kappa shape index (κ3) is 12.7. The number of nitrogens with zero attached hydrogens (tertiary/aromatic N) is 4. The molecule has 0 atom stereocenters. The number of ether oxygens (including phenoxy) is 1. The molecule has 21 heteroatoms. The highest BCUT2D eigenvalue weighted by Gasteiger charge is 2.48. The highest BCUT2D eigenvalue weighted by atomic mass is 35.5. The number of carbonyl (C=O) groups excluding carboxylic acids is 1. The van der Waals surface area contributed by atoms with E-state index in [1.54, 1.807) is 30.5 Å². The Kier molecular flexibility index (Phi) is 15.9. The summed E-state index contributed by atoms with van der Waals surface area (Å²) in [6.07, 6.45) is 9.40. The third-order valence-corrected chi connectivity index (χ3v) is 16.8. The summed E-state index contributed by atoms with van der Waals surface area (Å²) in [6.45, 7) is 10.3. The van der Waals surface area contributed by atoms with Crippen LogP contribution in [0.4, 0.5) is 24.5 Å². The zero-order valence-corrected chi connectivity index (χ0v) is 42.5. The number of pyridine rings is 1. The molecule has 386 valence electrons. The number of allylic oxidation sites excluding steroid dienone is 1. The van der Waals surface area contributed by atoms with Crippen LogP contribution in [0.5, 0.6) is 11.5 Å². The Morgan fingerprint density at radius 2 is 1.65 bits per heavy atom. The van der Waals surface area contributed by atoms with Gasteiger partial charge >= 0.3 is 11.5 Å². The van der Waals surface area contributed by atoms with E-state index in [-0.39, 0.29) is 41.4 Å². The van der Waals surface area contributed by atoms with Crippen molar-refractivity contribution in [3.8, 4) is 11.5 Å². The van der Waals surface area contributed by atoms with Crippen LogP contribution >= 0.6 is 11.6 Å². The maximum atomic E-state index is 14.1. The number of hydrogen-bond donors (Lipinski definition) is 4. The lowest BCUT2D eigenvalue weighted by Crippen LogP contribution is -2.49. The second-order valence-electron chi connectivity index (χ2n) is 19.7. The zero-order chi connectivity index (χ0) is 51.4. The SMILES string of the molecule is CC1(C)CCC(CN2CCN(c3ccc(C(=O)NS(=O)(=O)c4ccc(NCC5CN(CCCCCCC(=O)O)C5)c(S(=O)(=O)C(F)(F)F)c4)c(Oc4cnc5[nH]ccc5c4)c3)CC2)=C(c2ccc(Cl)cc2)C1. The molecule has 1 amide bonds. The molecule has 3 aromatic carbocycles. The number of carbonyl (C=O) groups is 2. The van der Waals surface area contributed by atoms with Gasteiger partial charge in [0.1, 0.15) is 22.0 Å². The molecule has 0 bridgehead atoms. The minimum absolute atomic E-state index is 0.0212. The van der Waals surface area contributed by atoms with Crippen LogP contribution in [-0.2, 0) is 24.7 Å². The number of carboxylic acids is 1. The second kappa shape index (κ2) is 21.8. The molecule has 0 saturated carbocycles. The number of H-pyrrole nitrogens is 1. The van der Waals surface area contributed by atoms with Crippen LogP contribution in [0.3, 0.4) is 0 Å². The molecular formula is C51H59ClF3N7O8S2. The van der Waals surface area contributed by atoms with Crippen molar-refractivity contribution in [3.05, 3.63) is 107 Å². The largest absolute Gasteiger partial charge is 0.501 e. The summed E-state index contributed by atoms with van der Waals surface area (Å²) in [7, 11) is -11.1. The maximum absolute atomic E-state index is 14.1. The van der Waals surface area contributed by atoms with E-state index in [0.717, 1.165) is 76.8 Å². The number of piperazine rings is 1. The van der Waals surface area contributed by atoms with Crippen LogP contribution < -0.4 is 19.7 Å². The number of aromatic nitrogens is 2. The van der Waals surface area contributed by atoms with Crippen molar-refractivity contribution in [2.45, 2.75) is 80.5 Å². The number of amides is 1. The molecule has 1 aliphatic carbocycles. The standard InChI is InChI=1S/C51H59ClF3N7O8S2/c1-50(2)18-16-37(43(28-50)35-8-10-38(52)11-9-35)33-60-21-23-62(24-22-60)39-12-14-42(45(26-39)70-40-25-36-17-19-56-48(36)58-30-40)49(65)59-72(68,69)41-13-15-44(46(27-41)71(66,67)51(53,54)55)57-29-34-31-61(32-34)20-6-4-3-5-7-47(63)64/h8-15,17,19,25-27,30,34,57H,3-7,16,18,20-24,28-29,31-33H2,1-2H3,(H,56,58)(H,59,65)(H,63,64). The Morgan fingerprint density at radius 1 is 0.917 bits per heavy atom. The van der Waals surface area contributed by atoms with Gasteiger partial charge in [0.15, 0.2) is 0 Å². The molecular weight excluding hydrogens is 995 g/mol. The molecule has 4 heterocycles. The van der Waals surface area contributed by atoms with Crippen LogP contribution in [0.2, 0.25) is 5.02 Å². The summed E-state index contributed by atoms with van der Waals surface area (Å²) < 4.78 is 104. The molecule has 3 aliphatic rings. The van der Waals surface area contributed by atoms with E-state index in [9.17, 15) is 39.6 Å². The number of sulfone groups is 1. The van der Waals surface area contributed by atoms with Gasteiger partial charge in [0.25, 0.3) is 25.8 Å². The number of nitrogens with one attached hydrogen (secondary N) is 3. The van der Waals surface area contributed by atoms with Crippen molar-refractivity contribution >= 4 is 71.3 Å². The fourth-order valence-corrected chi connectivity index (χ4v) is 11.7. The normalized spacial score (nSPS) is 17.2. The Hall–Kier alpha value is -5.67. The molecule has 0 unspecified atom stereocenters. The molecule has 2 fully saturated rings. The zero-order valence-electron chi connectivity index (χ0n) is 40.1. The fraction of sp³-hybridized carbons (Fsp3) is 0.431. The number of halogens is 4. The average Bonchev–Trinajstić information content (AvgIpc) is 3.79. The van der Waals surface area contributed by atoms with Crippen molar-refractivity contribution in [2.24, 2.45) is 11.3 Å². The monoisotopic (exact) mass is 1050 g/mol. The molecule has 72 heavy (non-hydrogen) atoms. The fourth-order valence-electron chi connectivity index (χ4n) is 9.59. The van der Waals surface area contributed by atoms with Gasteiger partial charge in [-0.25, -0.2) is 26.5 Å². The van der Waals surface area contributed by atoms with Gasteiger partial charge in [-0.05, 0) is 110 Å². The first-order valence-electron chi connectivity index (χ1n) is 24.0. The number of fused-ring (bicyclic) bond motifs is 1. The summed E-state index contributed by atoms with van der Waals surface area (Å²) in [5, 5.41) is 13.0. The molecule has 0 spiro atoms. The van der Waals surface area contributed by atoms with Crippen LogP contribution in [-0.4, -0.2) is 118 Å². The summed E-state index contributed by atoms with van der Waals surface area (Å²) >= 11 is 6.24. The van der Waals surface area contributed by atoms with Gasteiger partial charge in [-0.3, -0.25) is 14.5 Å².